The van der Waals surface area contributed by atoms with Crippen molar-refractivity contribution in [2.45, 2.75) is 12.8 Å². The SMILES string of the molecule is Cn1ncc(C(=O)NCC2(CO)CC2)c1-n1cccc1. The number of carbonyl (C=O) groups is 1. The number of rotatable bonds is 5. The van der Waals surface area contributed by atoms with E-state index in [0.29, 0.717) is 12.1 Å². The van der Waals surface area contributed by atoms with Gasteiger partial charge in [0.25, 0.3) is 5.91 Å². The summed E-state index contributed by atoms with van der Waals surface area (Å²) >= 11 is 0. The monoisotopic (exact) mass is 274 g/mol. The maximum Gasteiger partial charge on any atom is 0.256 e. The Hall–Kier alpha value is -2.08. The molecule has 2 aromatic heterocycles. The van der Waals surface area contributed by atoms with Gasteiger partial charge in [-0.1, -0.05) is 0 Å². The molecule has 0 radical (unpaired) electrons. The average Bonchev–Trinajstić information content (AvgIpc) is 2.85. The summed E-state index contributed by atoms with van der Waals surface area (Å²) in [4.78, 5) is 12.3. The van der Waals surface area contributed by atoms with Gasteiger partial charge in [-0.05, 0) is 25.0 Å². The molecule has 3 rings (SSSR count). The summed E-state index contributed by atoms with van der Waals surface area (Å²) in [7, 11) is 1.81. The van der Waals surface area contributed by atoms with Gasteiger partial charge in [-0.2, -0.15) is 5.10 Å². The van der Waals surface area contributed by atoms with Crippen LogP contribution in [0.1, 0.15) is 23.2 Å². The zero-order chi connectivity index (χ0) is 14.2. The normalized spacial score (nSPS) is 16.1. The zero-order valence-electron chi connectivity index (χ0n) is 11.4. The number of aliphatic hydroxyl groups excluding tert-OH is 1. The molecule has 1 amide bonds. The molecule has 6 heteroatoms. The summed E-state index contributed by atoms with van der Waals surface area (Å²) in [6.45, 7) is 0.646. The van der Waals surface area contributed by atoms with Crippen LogP contribution in [-0.4, -0.2) is 38.5 Å². The molecule has 0 aromatic carbocycles. The van der Waals surface area contributed by atoms with Crippen molar-refractivity contribution in [2.24, 2.45) is 12.5 Å². The lowest BCUT2D eigenvalue weighted by Crippen LogP contribution is -2.32. The average molecular weight is 274 g/mol. The first-order valence-electron chi connectivity index (χ1n) is 6.70. The molecule has 106 valence electrons. The van der Waals surface area contributed by atoms with Crippen molar-refractivity contribution in [1.82, 2.24) is 19.7 Å². The summed E-state index contributed by atoms with van der Waals surface area (Å²) in [5.41, 5.74) is 0.448. The van der Waals surface area contributed by atoms with Gasteiger partial charge in [-0.15, -0.1) is 0 Å². The Morgan fingerprint density at radius 2 is 2.15 bits per heavy atom. The summed E-state index contributed by atoms with van der Waals surface area (Å²) < 4.78 is 3.54. The molecule has 0 atom stereocenters. The number of aryl methyl sites for hydroxylation is 1. The molecule has 0 spiro atoms. The number of hydrogen-bond donors (Lipinski definition) is 2. The van der Waals surface area contributed by atoms with Crippen molar-refractivity contribution in [1.29, 1.82) is 0 Å². The number of hydrogen-bond acceptors (Lipinski definition) is 3. The predicted octanol–water partition coefficient (Wildman–Crippen LogP) is 0.713. The van der Waals surface area contributed by atoms with E-state index in [1.54, 1.807) is 10.9 Å². The van der Waals surface area contributed by atoms with E-state index in [9.17, 15) is 9.90 Å². The number of amides is 1. The predicted molar refractivity (Wildman–Crippen MR) is 73.6 cm³/mol. The highest BCUT2D eigenvalue weighted by molar-refractivity contribution is 5.97. The Kier molecular flexibility index (Phi) is 3.10. The Labute approximate surface area is 117 Å². The highest BCUT2D eigenvalue weighted by atomic mass is 16.3. The second-order valence-corrected chi connectivity index (χ2v) is 5.44. The lowest BCUT2D eigenvalue weighted by molar-refractivity contribution is 0.0935. The topological polar surface area (TPSA) is 72.1 Å². The summed E-state index contributed by atoms with van der Waals surface area (Å²) in [5.74, 6) is 0.586. The van der Waals surface area contributed by atoms with Gasteiger partial charge in [0.1, 0.15) is 11.4 Å². The van der Waals surface area contributed by atoms with Crippen LogP contribution in [0.2, 0.25) is 0 Å². The fraction of sp³-hybridized carbons (Fsp3) is 0.429. The Bertz CT molecular complexity index is 611. The Morgan fingerprint density at radius 1 is 1.45 bits per heavy atom. The third-order valence-corrected chi connectivity index (χ3v) is 3.92. The van der Waals surface area contributed by atoms with Crippen molar-refractivity contribution in [3.63, 3.8) is 0 Å². The van der Waals surface area contributed by atoms with E-state index in [2.05, 4.69) is 10.4 Å². The maximum absolute atomic E-state index is 12.3. The van der Waals surface area contributed by atoms with Crippen molar-refractivity contribution < 1.29 is 9.90 Å². The molecule has 1 aliphatic carbocycles. The number of aliphatic hydroxyl groups is 1. The number of carbonyl (C=O) groups excluding carboxylic acids is 1. The van der Waals surface area contributed by atoms with Crippen molar-refractivity contribution in [3.8, 4) is 5.82 Å². The third kappa shape index (κ3) is 2.22. The highest BCUT2D eigenvalue weighted by Crippen LogP contribution is 2.44. The van der Waals surface area contributed by atoms with Gasteiger partial charge in [-0.25, -0.2) is 0 Å². The third-order valence-electron chi connectivity index (χ3n) is 3.92. The van der Waals surface area contributed by atoms with Gasteiger partial charge < -0.3 is 15.0 Å². The fourth-order valence-corrected chi connectivity index (χ4v) is 2.30. The molecule has 20 heavy (non-hydrogen) atoms. The molecule has 0 saturated heterocycles. The van der Waals surface area contributed by atoms with Crippen LogP contribution < -0.4 is 5.32 Å². The van der Waals surface area contributed by atoms with Gasteiger partial charge in [0.15, 0.2) is 0 Å². The van der Waals surface area contributed by atoms with Crippen LogP contribution in [0.4, 0.5) is 0 Å². The Balaban J connectivity index is 1.78. The lowest BCUT2D eigenvalue weighted by atomic mass is 10.1. The van der Waals surface area contributed by atoms with E-state index in [1.807, 2.05) is 36.1 Å². The molecule has 0 aliphatic heterocycles. The smallest absolute Gasteiger partial charge is 0.256 e. The maximum atomic E-state index is 12.3. The van der Waals surface area contributed by atoms with Gasteiger partial charge >= 0.3 is 0 Å². The largest absolute Gasteiger partial charge is 0.396 e. The molecule has 1 fully saturated rings. The first-order chi connectivity index (χ1) is 9.65. The van der Waals surface area contributed by atoms with Gasteiger partial charge in [0, 0.05) is 31.4 Å². The van der Waals surface area contributed by atoms with Crippen LogP contribution in [0.25, 0.3) is 5.82 Å². The van der Waals surface area contributed by atoms with Crippen molar-refractivity contribution in [3.05, 3.63) is 36.3 Å². The zero-order valence-corrected chi connectivity index (χ0v) is 11.4. The summed E-state index contributed by atoms with van der Waals surface area (Å²) in [6, 6.07) is 3.80. The number of nitrogens with zero attached hydrogens (tertiary/aromatic N) is 3. The molecule has 6 nitrogen and oxygen atoms in total. The fourth-order valence-electron chi connectivity index (χ4n) is 2.30. The van der Waals surface area contributed by atoms with E-state index < -0.39 is 0 Å². The van der Waals surface area contributed by atoms with Crippen LogP contribution in [0, 0.1) is 5.41 Å². The van der Waals surface area contributed by atoms with Crippen LogP contribution in [0.3, 0.4) is 0 Å². The van der Waals surface area contributed by atoms with E-state index in [4.69, 9.17) is 0 Å². The standard InChI is InChI=1S/C14H18N4O2/c1-17-13(18-6-2-3-7-18)11(8-16-17)12(20)15-9-14(10-19)4-5-14/h2-3,6-8,19H,4-5,9-10H2,1H3,(H,15,20). The second-order valence-electron chi connectivity index (χ2n) is 5.44. The molecular weight excluding hydrogens is 256 g/mol. The molecule has 2 N–H and O–H groups in total. The van der Waals surface area contributed by atoms with Crippen molar-refractivity contribution in [2.75, 3.05) is 13.2 Å². The molecular formula is C14H18N4O2. The molecule has 1 aliphatic rings. The van der Waals surface area contributed by atoms with Gasteiger partial charge in [0.2, 0.25) is 0 Å². The quantitative estimate of drug-likeness (QED) is 0.843. The van der Waals surface area contributed by atoms with E-state index in [-0.39, 0.29) is 17.9 Å². The first kappa shape index (κ1) is 12.9. The van der Waals surface area contributed by atoms with E-state index in [0.717, 1.165) is 18.7 Å². The van der Waals surface area contributed by atoms with E-state index in [1.165, 1.54) is 0 Å². The van der Waals surface area contributed by atoms with Crippen LogP contribution in [-0.2, 0) is 7.05 Å². The van der Waals surface area contributed by atoms with Gasteiger partial charge in [-0.3, -0.25) is 9.48 Å². The molecule has 1 saturated carbocycles. The summed E-state index contributed by atoms with van der Waals surface area (Å²) in [6.07, 6.45) is 7.28. The summed E-state index contributed by atoms with van der Waals surface area (Å²) in [5, 5.41) is 16.3. The molecule has 0 bridgehead atoms. The van der Waals surface area contributed by atoms with Crippen LogP contribution in [0.5, 0.6) is 0 Å². The lowest BCUT2D eigenvalue weighted by Gasteiger charge is -2.13. The first-order valence-corrected chi connectivity index (χ1v) is 6.70. The van der Waals surface area contributed by atoms with Crippen molar-refractivity contribution >= 4 is 5.91 Å². The minimum Gasteiger partial charge on any atom is -0.396 e. The molecule has 2 aromatic rings. The minimum atomic E-state index is -0.151. The molecule has 0 unspecified atom stereocenters. The number of nitrogens with one attached hydrogen (secondary N) is 1. The van der Waals surface area contributed by atoms with Gasteiger partial charge in [0.05, 0.1) is 12.8 Å². The number of aromatic nitrogens is 3. The van der Waals surface area contributed by atoms with E-state index >= 15 is 0 Å². The second kappa shape index (κ2) is 4.79. The Morgan fingerprint density at radius 3 is 2.75 bits per heavy atom. The van der Waals surface area contributed by atoms with Crippen LogP contribution >= 0.6 is 0 Å². The van der Waals surface area contributed by atoms with Crippen LogP contribution in [0.15, 0.2) is 30.7 Å². The minimum absolute atomic E-state index is 0.0918. The molecule has 2 heterocycles. The highest BCUT2D eigenvalue weighted by Gasteiger charge is 2.42.